The molecule has 100 valence electrons. The maximum atomic E-state index is 12.1. The normalized spacial score (nSPS) is 17.5. The molecule has 6 heteroatoms. The highest BCUT2D eigenvalue weighted by Gasteiger charge is 2.28. The van der Waals surface area contributed by atoms with Crippen LogP contribution in [0, 0.1) is 0 Å². The lowest BCUT2D eigenvalue weighted by atomic mass is 10.2. The van der Waals surface area contributed by atoms with Gasteiger partial charge >= 0.3 is 5.97 Å². The molecule has 17 heavy (non-hydrogen) atoms. The van der Waals surface area contributed by atoms with Crippen LogP contribution >= 0.6 is 0 Å². The van der Waals surface area contributed by atoms with Crippen LogP contribution in [-0.2, 0) is 9.53 Å². The van der Waals surface area contributed by atoms with E-state index >= 15 is 0 Å². The van der Waals surface area contributed by atoms with Crippen molar-refractivity contribution < 1.29 is 18.3 Å². The maximum Gasteiger partial charge on any atom is 0.322 e. The lowest BCUT2D eigenvalue weighted by Gasteiger charge is -2.20. The van der Waals surface area contributed by atoms with Gasteiger partial charge in [0.1, 0.15) is 6.04 Å². The van der Waals surface area contributed by atoms with E-state index in [2.05, 4.69) is 10.1 Å². The number of nitrogens with one attached hydrogen (secondary N) is 1. The lowest BCUT2D eigenvalue weighted by Crippen LogP contribution is -2.41. The van der Waals surface area contributed by atoms with Crippen molar-refractivity contribution in [2.24, 2.45) is 0 Å². The largest absolute Gasteiger partial charge is 0.468 e. The number of nitrogens with zero attached hydrogens (tertiary/aromatic N) is 1. The Hall–Kier alpha value is -0.750. The number of rotatable bonds is 8. The van der Waals surface area contributed by atoms with Crippen molar-refractivity contribution in [1.82, 2.24) is 10.2 Å². The van der Waals surface area contributed by atoms with Crippen LogP contribution < -0.4 is 5.32 Å². The van der Waals surface area contributed by atoms with Gasteiger partial charge < -0.3 is 15.0 Å². The minimum atomic E-state index is -2.34. The minimum Gasteiger partial charge on any atom is -0.468 e. The molecule has 0 saturated heterocycles. The van der Waals surface area contributed by atoms with Gasteiger partial charge in [-0.3, -0.25) is 4.79 Å². The van der Waals surface area contributed by atoms with E-state index < -0.39 is 6.43 Å². The highest BCUT2D eigenvalue weighted by Crippen LogP contribution is 2.20. The van der Waals surface area contributed by atoms with Crippen LogP contribution in [0.25, 0.3) is 0 Å². The molecule has 0 radical (unpaired) electrons. The molecule has 0 aromatic rings. The summed E-state index contributed by atoms with van der Waals surface area (Å²) in [6.07, 6.45) is 0.292. The van der Waals surface area contributed by atoms with E-state index in [-0.39, 0.29) is 18.6 Å². The molecular formula is C11H20F2N2O2. The highest BCUT2D eigenvalue weighted by molar-refractivity contribution is 5.75. The summed E-state index contributed by atoms with van der Waals surface area (Å²) in [5.41, 5.74) is 0. The molecule has 1 fully saturated rings. The summed E-state index contributed by atoms with van der Waals surface area (Å²) in [6, 6.07) is 0.00660. The van der Waals surface area contributed by atoms with E-state index in [0.717, 1.165) is 12.8 Å². The van der Waals surface area contributed by atoms with Gasteiger partial charge in [-0.15, -0.1) is 0 Å². The molecule has 1 saturated carbocycles. The van der Waals surface area contributed by atoms with Crippen molar-refractivity contribution in [1.29, 1.82) is 0 Å². The van der Waals surface area contributed by atoms with Crippen molar-refractivity contribution in [3.8, 4) is 0 Å². The molecule has 0 bridgehead atoms. The van der Waals surface area contributed by atoms with Gasteiger partial charge in [-0.2, -0.15) is 0 Å². The van der Waals surface area contributed by atoms with E-state index in [9.17, 15) is 13.6 Å². The average molecular weight is 250 g/mol. The summed E-state index contributed by atoms with van der Waals surface area (Å²) in [5, 5.41) is 3.16. The molecule has 0 heterocycles. The number of carbonyl (C=O) groups excluding carboxylic acids is 1. The molecule has 1 rings (SSSR count). The molecule has 0 aromatic heterocycles. The summed E-state index contributed by atoms with van der Waals surface area (Å²) in [4.78, 5) is 13.0. The van der Waals surface area contributed by atoms with Gasteiger partial charge in [-0.25, -0.2) is 8.78 Å². The quantitative estimate of drug-likeness (QED) is 0.649. The van der Waals surface area contributed by atoms with Gasteiger partial charge in [0.25, 0.3) is 6.43 Å². The minimum absolute atomic E-state index is 0.267. The number of hydrogen-bond acceptors (Lipinski definition) is 4. The van der Waals surface area contributed by atoms with Crippen molar-refractivity contribution in [2.75, 3.05) is 27.2 Å². The topological polar surface area (TPSA) is 41.6 Å². The standard InChI is InChI=1S/C11H20F2N2O2/c1-15(7-10(12)13)6-5-9(11(16)17-2)14-8-3-4-8/h8-10,14H,3-7H2,1-2H3. The highest BCUT2D eigenvalue weighted by atomic mass is 19.3. The Morgan fingerprint density at radius 2 is 2.18 bits per heavy atom. The molecule has 1 atom stereocenters. The first kappa shape index (κ1) is 14.3. The average Bonchev–Trinajstić information content (AvgIpc) is 3.05. The number of methoxy groups -OCH3 is 1. The Labute approximate surface area is 100 Å². The number of hydrogen-bond donors (Lipinski definition) is 1. The van der Waals surface area contributed by atoms with Crippen LogP contribution in [0.5, 0.6) is 0 Å². The number of esters is 1. The predicted molar refractivity (Wildman–Crippen MR) is 60.1 cm³/mol. The van der Waals surface area contributed by atoms with E-state index in [1.54, 1.807) is 7.05 Å². The molecule has 0 aromatic carbocycles. The fraction of sp³-hybridized carbons (Fsp3) is 0.909. The second-order valence-corrected chi connectivity index (χ2v) is 4.46. The van der Waals surface area contributed by atoms with E-state index in [1.165, 1.54) is 12.0 Å². The van der Waals surface area contributed by atoms with Gasteiger partial charge in [-0.1, -0.05) is 0 Å². The van der Waals surface area contributed by atoms with Crippen LogP contribution in [-0.4, -0.2) is 56.6 Å². The molecule has 1 aliphatic carbocycles. The molecule has 4 nitrogen and oxygen atoms in total. The SMILES string of the molecule is COC(=O)C(CCN(C)CC(F)F)NC1CC1. The monoisotopic (exact) mass is 250 g/mol. The Morgan fingerprint density at radius 3 is 2.65 bits per heavy atom. The zero-order chi connectivity index (χ0) is 12.8. The first-order valence-corrected chi connectivity index (χ1v) is 5.83. The summed E-state index contributed by atoms with van der Waals surface area (Å²) >= 11 is 0. The van der Waals surface area contributed by atoms with Crippen molar-refractivity contribution in [3.05, 3.63) is 0 Å². The molecule has 1 unspecified atom stereocenters. The number of halogens is 2. The first-order chi connectivity index (χ1) is 8.02. The van der Waals surface area contributed by atoms with Gasteiger partial charge in [0.05, 0.1) is 13.7 Å². The Bertz CT molecular complexity index is 248. The number of ether oxygens (including phenoxy) is 1. The maximum absolute atomic E-state index is 12.1. The van der Waals surface area contributed by atoms with Crippen LogP contribution in [0.2, 0.25) is 0 Å². The summed E-state index contributed by atoms with van der Waals surface area (Å²) in [6.45, 7) is 0.182. The first-order valence-electron chi connectivity index (χ1n) is 5.83. The van der Waals surface area contributed by atoms with Gasteiger partial charge in [0.2, 0.25) is 0 Å². The third kappa shape index (κ3) is 5.93. The van der Waals surface area contributed by atoms with Crippen molar-refractivity contribution in [3.63, 3.8) is 0 Å². The fourth-order valence-electron chi connectivity index (χ4n) is 1.62. The molecular weight excluding hydrogens is 230 g/mol. The van der Waals surface area contributed by atoms with Crippen LogP contribution in [0.3, 0.4) is 0 Å². The van der Waals surface area contributed by atoms with Gasteiger partial charge in [-0.05, 0) is 26.3 Å². The van der Waals surface area contributed by atoms with Gasteiger partial charge in [0, 0.05) is 12.6 Å². The van der Waals surface area contributed by atoms with E-state index in [1.807, 2.05) is 0 Å². The predicted octanol–water partition coefficient (Wildman–Crippen LogP) is 0.867. The molecule has 0 amide bonds. The Morgan fingerprint density at radius 1 is 1.53 bits per heavy atom. The summed E-state index contributed by atoms with van der Waals surface area (Å²) in [7, 11) is 2.96. The van der Waals surface area contributed by atoms with Gasteiger partial charge in [0.15, 0.2) is 0 Å². The molecule has 0 spiro atoms. The smallest absolute Gasteiger partial charge is 0.322 e. The number of alkyl halides is 2. The third-order valence-corrected chi connectivity index (χ3v) is 2.75. The lowest BCUT2D eigenvalue weighted by molar-refractivity contribution is -0.143. The van der Waals surface area contributed by atoms with E-state index in [4.69, 9.17) is 0 Å². The van der Waals surface area contributed by atoms with E-state index in [0.29, 0.717) is 19.0 Å². The summed E-state index contributed by atoms with van der Waals surface area (Å²) < 4.78 is 28.9. The van der Waals surface area contributed by atoms with Crippen LogP contribution in [0.15, 0.2) is 0 Å². The zero-order valence-corrected chi connectivity index (χ0v) is 10.3. The Kier molecular flexibility index (Phi) is 5.77. The van der Waals surface area contributed by atoms with Crippen molar-refractivity contribution in [2.45, 2.75) is 37.8 Å². The Balaban J connectivity index is 2.29. The molecule has 1 aliphatic rings. The van der Waals surface area contributed by atoms with Crippen LogP contribution in [0.1, 0.15) is 19.3 Å². The number of carbonyl (C=O) groups is 1. The molecule has 1 N–H and O–H groups in total. The van der Waals surface area contributed by atoms with Crippen molar-refractivity contribution >= 4 is 5.97 Å². The fourth-order valence-corrected chi connectivity index (χ4v) is 1.62. The molecule has 0 aliphatic heterocycles. The summed E-state index contributed by atoms with van der Waals surface area (Å²) in [5.74, 6) is -0.317. The zero-order valence-electron chi connectivity index (χ0n) is 10.3. The third-order valence-electron chi connectivity index (χ3n) is 2.75. The second-order valence-electron chi connectivity index (χ2n) is 4.46. The second kappa shape index (κ2) is 6.86. The van der Waals surface area contributed by atoms with Crippen LogP contribution in [0.4, 0.5) is 8.78 Å².